The van der Waals surface area contributed by atoms with E-state index < -0.39 is 5.82 Å². The molecule has 1 aliphatic heterocycles. The van der Waals surface area contributed by atoms with Crippen LogP contribution in [0.2, 0.25) is 0 Å². The first-order valence-corrected chi connectivity index (χ1v) is 10.3. The molecule has 1 aliphatic rings. The standard InChI is InChI=1S/C23H18BrFN2O3/c24-16-9-10-19(25)15(12-16)13-26-20(28)8-3-11-27-22(29)17-6-1-4-14-5-2-7-18(21(14)17)23(27)30/h1-2,4-7,9-10,12H,3,8,11,13H2,(H,26,28). The summed E-state index contributed by atoms with van der Waals surface area (Å²) in [5, 5.41) is 4.20. The van der Waals surface area contributed by atoms with Gasteiger partial charge in [0.2, 0.25) is 5.91 Å². The van der Waals surface area contributed by atoms with Crippen LogP contribution in [0.25, 0.3) is 10.8 Å². The summed E-state index contributed by atoms with van der Waals surface area (Å²) in [6.45, 7) is 0.210. The highest BCUT2D eigenvalue weighted by molar-refractivity contribution is 9.10. The zero-order valence-corrected chi connectivity index (χ0v) is 17.5. The molecule has 30 heavy (non-hydrogen) atoms. The normalized spacial score (nSPS) is 13.1. The number of carbonyl (C=O) groups excluding carboxylic acids is 3. The largest absolute Gasteiger partial charge is 0.352 e. The van der Waals surface area contributed by atoms with Crippen LogP contribution in [-0.4, -0.2) is 29.2 Å². The van der Waals surface area contributed by atoms with E-state index in [4.69, 9.17) is 0 Å². The van der Waals surface area contributed by atoms with Gasteiger partial charge in [0.25, 0.3) is 11.8 Å². The number of nitrogens with zero attached hydrogens (tertiary/aromatic N) is 1. The van der Waals surface area contributed by atoms with Gasteiger partial charge < -0.3 is 5.32 Å². The molecule has 3 aromatic rings. The number of hydrogen-bond donors (Lipinski definition) is 1. The summed E-state index contributed by atoms with van der Waals surface area (Å²) in [6, 6.07) is 15.3. The molecule has 3 aromatic carbocycles. The van der Waals surface area contributed by atoms with Crippen molar-refractivity contribution in [1.82, 2.24) is 10.2 Å². The van der Waals surface area contributed by atoms with Crippen LogP contribution in [0.5, 0.6) is 0 Å². The van der Waals surface area contributed by atoms with E-state index in [0.717, 1.165) is 9.86 Å². The van der Waals surface area contributed by atoms with Crippen molar-refractivity contribution in [2.24, 2.45) is 0 Å². The van der Waals surface area contributed by atoms with Gasteiger partial charge in [-0.15, -0.1) is 0 Å². The zero-order chi connectivity index (χ0) is 21.3. The smallest absolute Gasteiger partial charge is 0.261 e. The molecule has 3 amide bonds. The Morgan fingerprint density at radius 1 is 1.00 bits per heavy atom. The molecule has 0 aromatic heterocycles. The van der Waals surface area contributed by atoms with Gasteiger partial charge in [-0.05, 0) is 42.1 Å². The van der Waals surface area contributed by atoms with Crippen LogP contribution in [0, 0.1) is 5.82 Å². The Balaban J connectivity index is 1.37. The lowest BCUT2D eigenvalue weighted by atomic mass is 9.94. The van der Waals surface area contributed by atoms with Crippen LogP contribution in [0.1, 0.15) is 39.1 Å². The topological polar surface area (TPSA) is 66.5 Å². The van der Waals surface area contributed by atoms with E-state index in [1.807, 2.05) is 12.1 Å². The van der Waals surface area contributed by atoms with Gasteiger partial charge in [0.1, 0.15) is 5.82 Å². The Hall–Kier alpha value is -3.06. The molecule has 0 saturated carbocycles. The molecule has 1 heterocycles. The second kappa shape index (κ2) is 8.36. The number of rotatable bonds is 6. The number of carbonyl (C=O) groups is 3. The third-order valence-corrected chi connectivity index (χ3v) is 5.62. The first-order chi connectivity index (χ1) is 14.5. The average molecular weight is 469 g/mol. The van der Waals surface area contributed by atoms with Gasteiger partial charge in [-0.1, -0.05) is 40.2 Å². The average Bonchev–Trinajstić information content (AvgIpc) is 2.75. The molecule has 0 saturated heterocycles. The number of hydrogen-bond acceptors (Lipinski definition) is 3. The second-order valence-electron chi connectivity index (χ2n) is 7.09. The fourth-order valence-corrected chi connectivity index (χ4v) is 4.05. The highest BCUT2D eigenvalue weighted by Crippen LogP contribution is 2.30. The van der Waals surface area contributed by atoms with Gasteiger partial charge in [0.05, 0.1) is 0 Å². The van der Waals surface area contributed by atoms with Gasteiger partial charge in [0.15, 0.2) is 0 Å². The van der Waals surface area contributed by atoms with E-state index in [1.165, 1.54) is 11.0 Å². The van der Waals surface area contributed by atoms with E-state index in [2.05, 4.69) is 21.2 Å². The summed E-state index contributed by atoms with van der Waals surface area (Å²) in [5.74, 6) is -1.36. The molecule has 7 heteroatoms. The molecule has 0 bridgehead atoms. The molecule has 0 aliphatic carbocycles. The van der Waals surface area contributed by atoms with Crippen LogP contribution in [0.4, 0.5) is 4.39 Å². The SMILES string of the molecule is O=C(CCCN1C(=O)c2cccc3cccc(c23)C1=O)NCc1cc(Br)ccc1F. The number of imide groups is 1. The Labute approximate surface area is 181 Å². The van der Waals surface area contributed by atoms with Crippen molar-refractivity contribution in [3.8, 4) is 0 Å². The first kappa shape index (κ1) is 20.2. The Kier molecular flexibility index (Phi) is 5.63. The van der Waals surface area contributed by atoms with Crippen molar-refractivity contribution in [2.45, 2.75) is 19.4 Å². The molecule has 0 spiro atoms. The summed E-state index contributed by atoms with van der Waals surface area (Å²) in [5.41, 5.74) is 1.37. The monoisotopic (exact) mass is 468 g/mol. The molecule has 5 nitrogen and oxygen atoms in total. The third-order valence-electron chi connectivity index (χ3n) is 5.13. The Morgan fingerprint density at radius 3 is 2.33 bits per heavy atom. The van der Waals surface area contributed by atoms with Crippen molar-refractivity contribution in [1.29, 1.82) is 0 Å². The third kappa shape index (κ3) is 3.85. The minimum absolute atomic E-state index is 0.0705. The predicted molar refractivity (Wildman–Crippen MR) is 114 cm³/mol. The van der Waals surface area contributed by atoms with E-state index in [9.17, 15) is 18.8 Å². The van der Waals surface area contributed by atoms with Crippen LogP contribution >= 0.6 is 15.9 Å². The van der Waals surface area contributed by atoms with Gasteiger partial charge in [0, 0.05) is 46.1 Å². The lowest BCUT2D eigenvalue weighted by Crippen LogP contribution is -2.41. The molecular weight excluding hydrogens is 451 g/mol. The van der Waals surface area contributed by atoms with Crippen molar-refractivity contribution >= 4 is 44.4 Å². The zero-order valence-electron chi connectivity index (χ0n) is 16.0. The van der Waals surface area contributed by atoms with E-state index in [1.54, 1.807) is 36.4 Å². The quantitative estimate of drug-likeness (QED) is 0.544. The summed E-state index contributed by atoms with van der Waals surface area (Å²) in [7, 11) is 0. The number of benzene rings is 3. The van der Waals surface area contributed by atoms with Crippen molar-refractivity contribution in [3.63, 3.8) is 0 Å². The van der Waals surface area contributed by atoms with Crippen LogP contribution in [-0.2, 0) is 11.3 Å². The van der Waals surface area contributed by atoms with Crippen molar-refractivity contribution < 1.29 is 18.8 Å². The summed E-state index contributed by atoms with van der Waals surface area (Å²) >= 11 is 3.27. The van der Waals surface area contributed by atoms with Gasteiger partial charge in [-0.3, -0.25) is 19.3 Å². The fraction of sp³-hybridized carbons (Fsp3) is 0.174. The molecule has 1 N–H and O–H groups in total. The minimum Gasteiger partial charge on any atom is -0.352 e. The fourth-order valence-electron chi connectivity index (χ4n) is 3.64. The van der Waals surface area contributed by atoms with E-state index in [0.29, 0.717) is 28.5 Å². The highest BCUT2D eigenvalue weighted by Gasteiger charge is 2.32. The second-order valence-corrected chi connectivity index (χ2v) is 8.00. The van der Waals surface area contributed by atoms with Gasteiger partial charge in [-0.2, -0.15) is 0 Å². The summed E-state index contributed by atoms with van der Waals surface area (Å²) < 4.78 is 14.5. The molecule has 4 rings (SSSR count). The van der Waals surface area contributed by atoms with Crippen LogP contribution < -0.4 is 5.32 Å². The maximum atomic E-state index is 13.8. The molecule has 0 unspecified atom stereocenters. The molecular formula is C23H18BrFN2O3. The maximum absolute atomic E-state index is 13.8. The maximum Gasteiger partial charge on any atom is 0.261 e. The summed E-state index contributed by atoms with van der Waals surface area (Å²) in [4.78, 5) is 39.0. The Bertz CT molecular complexity index is 1130. The number of nitrogens with one attached hydrogen (secondary N) is 1. The van der Waals surface area contributed by atoms with E-state index in [-0.39, 0.29) is 37.2 Å². The lowest BCUT2D eigenvalue weighted by Gasteiger charge is -2.27. The van der Waals surface area contributed by atoms with Crippen LogP contribution in [0.15, 0.2) is 59.1 Å². The molecule has 0 fully saturated rings. The molecule has 0 radical (unpaired) electrons. The minimum atomic E-state index is -0.393. The lowest BCUT2D eigenvalue weighted by molar-refractivity contribution is -0.121. The highest BCUT2D eigenvalue weighted by atomic mass is 79.9. The number of halogens is 2. The van der Waals surface area contributed by atoms with Crippen molar-refractivity contribution in [2.75, 3.05) is 6.54 Å². The van der Waals surface area contributed by atoms with Crippen molar-refractivity contribution in [3.05, 3.63) is 81.6 Å². The van der Waals surface area contributed by atoms with E-state index >= 15 is 0 Å². The molecule has 152 valence electrons. The Morgan fingerprint density at radius 2 is 1.67 bits per heavy atom. The first-order valence-electron chi connectivity index (χ1n) is 9.54. The van der Waals surface area contributed by atoms with Gasteiger partial charge >= 0.3 is 0 Å². The number of amides is 3. The summed E-state index contributed by atoms with van der Waals surface area (Å²) in [6.07, 6.45) is 0.445. The molecule has 0 atom stereocenters. The predicted octanol–water partition coefficient (Wildman–Crippen LogP) is 4.43. The van der Waals surface area contributed by atoms with Crippen LogP contribution in [0.3, 0.4) is 0 Å². The van der Waals surface area contributed by atoms with Gasteiger partial charge in [-0.25, -0.2) is 4.39 Å².